The first-order chi connectivity index (χ1) is 8.84. The zero-order valence-electron chi connectivity index (χ0n) is 11.5. The Morgan fingerprint density at radius 2 is 2.00 bits per heavy atom. The van der Waals surface area contributed by atoms with Gasteiger partial charge in [0.05, 0.1) is 6.61 Å². The van der Waals surface area contributed by atoms with Gasteiger partial charge in [0.2, 0.25) is 0 Å². The molecule has 0 bridgehead atoms. The maximum Gasteiger partial charge on any atom is 0.271 e. The molecule has 0 aliphatic carbocycles. The summed E-state index contributed by atoms with van der Waals surface area (Å²) in [4.78, 5) is 0. The van der Waals surface area contributed by atoms with Crippen LogP contribution in [-0.4, -0.2) is 19.6 Å². The second-order valence-corrected chi connectivity index (χ2v) is 6.93. The number of rotatable bonds is 4. The first-order valence-corrected chi connectivity index (χ1v) is 8.08. The lowest BCUT2D eigenvalue weighted by atomic mass is 9.77. The lowest BCUT2D eigenvalue weighted by molar-refractivity contribution is 0.253. The summed E-state index contributed by atoms with van der Waals surface area (Å²) in [5, 5.41) is -0.912. The van der Waals surface area contributed by atoms with Crippen molar-refractivity contribution in [3.8, 4) is 5.75 Å². The van der Waals surface area contributed by atoms with Crippen LogP contribution in [0.4, 0.5) is 0 Å². The Morgan fingerprint density at radius 3 is 2.53 bits per heavy atom. The van der Waals surface area contributed by atoms with Crippen LogP contribution in [-0.2, 0) is 15.5 Å². The molecule has 1 unspecified atom stereocenters. The third-order valence-electron chi connectivity index (χ3n) is 4.35. The fourth-order valence-corrected chi connectivity index (χ4v) is 3.13. The van der Waals surface area contributed by atoms with E-state index >= 15 is 0 Å². The summed E-state index contributed by atoms with van der Waals surface area (Å²) in [5.74, 6) is 0.829. The second-order valence-electron chi connectivity index (χ2n) is 5.19. The monoisotopic (exact) mass is 284 g/mol. The van der Waals surface area contributed by atoms with Gasteiger partial charge in [-0.2, -0.15) is 8.42 Å². The molecule has 0 radical (unpaired) electrons. The maximum atomic E-state index is 11.3. The minimum Gasteiger partial charge on any atom is -0.492 e. The van der Waals surface area contributed by atoms with Gasteiger partial charge in [0, 0.05) is 11.0 Å². The molecule has 4 nitrogen and oxygen atoms in total. The largest absolute Gasteiger partial charge is 0.492 e. The summed E-state index contributed by atoms with van der Waals surface area (Å²) >= 11 is 0. The fraction of sp³-hybridized carbons (Fsp3) is 0.571. The second kappa shape index (κ2) is 4.80. The highest BCUT2D eigenvalue weighted by molar-refractivity contribution is 7.86. The van der Waals surface area contributed by atoms with E-state index in [1.807, 2.05) is 6.07 Å². The molecule has 0 spiro atoms. The molecule has 0 aromatic heterocycles. The number of fused-ring (bicyclic) bond motifs is 1. The first-order valence-electron chi connectivity index (χ1n) is 6.57. The molecule has 2 rings (SSSR count). The average molecular weight is 284 g/mol. The van der Waals surface area contributed by atoms with Gasteiger partial charge in [-0.25, -0.2) is 0 Å². The Bertz CT molecular complexity index is 573. The van der Waals surface area contributed by atoms with Crippen LogP contribution in [0, 0.1) is 0 Å². The smallest absolute Gasteiger partial charge is 0.271 e. The number of hydrogen-bond acceptors (Lipinski definition) is 3. The molecule has 19 heavy (non-hydrogen) atoms. The molecule has 0 saturated carbocycles. The van der Waals surface area contributed by atoms with Crippen LogP contribution in [0.5, 0.6) is 5.75 Å². The lowest BCUT2D eigenvalue weighted by Gasteiger charge is -2.25. The maximum absolute atomic E-state index is 11.3. The molecule has 0 fully saturated rings. The number of ether oxygens (including phenoxy) is 1. The highest BCUT2D eigenvalue weighted by Crippen LogP contribution is 2.44. The summed E-state index contributed by atoms with van der Waals surface area (Å²) in [6.45, 7) is 6.35. The van der Waals surface area contributed by atoms with E-state index in [2.05, 4.69) is 13.8 Å². The molecule has 0 saturated heterocycles. The van der Waals surface area contributed by atoms with Gasteiger partial charge in [-0.05, 0) is 31.4 Å². The predicted octanol–water partition coefficient (Wildman–Crippen LogP) is 3.09. The molecule has 1 aromatic rings. The van der Waals surface area contributed by atoms with Crippen molar-refractivity contribution in [2.45, 2.75) is 44.3 Å². The summed E-state index contributed by atoms with van der Waals surface area (Å²) in [7, 11) is -4.06. The molecule has 1 N–H and O–H groups in total. The van der Waals surface area contributed by atoms with Gasteiger partial charge in [-0.1, -0.05) is 26.0 Å². The predicted molar refractivity (Wildman–Crippen MR) is 74.2 cm³/mol. The van der Waals surface area contributed by atoms with Crippen molar-refractivity contribution in [3.05, 3.63) is 29.3 Å². The van der Waals surface area contributed by atoms with E-state index in [4.69, 9.17) is 4.74 Å². The van der Waals surface area contributed by atoms with E-state index in [-0.39, 0.29) is 5.41 Å². The number of benzene rings is 1. The molecule has 1 aliphatic heterocycles. The first kappa shape index (κ1) is 14.3. The molecular weight excluding hydrogens is 264 g/mol. The minimum atomic E-state index is -4.06. The topological polar surface area (TPSA) is 63.6 Å². The van der Waals surface area contributed by atoms with Gasteiger partial charge in [0.1, 0.15) is 11.0 Å². The standard InChI is InChI=1S/C14H20O4S/c1-4-14(5-2)9-18-13-7-6-11(8-12(13)14)10(3)19(15,16)17/h6-8,10H,4-5,9H2,1-3H3,(H,15,16,17). The normalized spacial score (nSPS) is 18.7. The van der Waals surface area contributed by atoms with Crippen LogP contribution in [0.25, 0.3) is 0 Å². The van der Waals surface area contributed by atoms with Crippen LogP contribution in [0.1, 0.15) is 50.0 Å². The van der Waals surface area contributed by atoms with Gasteiger partial charge >= 0.3 is 0 Å². The molecule has 106 valence electrons. The van der Waals surface area contributed by atoms with E-state index < -0.39 is 15.4 Å². The van der Waals surface area contributed by atoms with Crippen LogP contribution < -0.4 is 4.74 Å². The van der Waals surface area contributed by atoms with Crippen molar-refractivity contribution in [3.63, 3.8) is 0 Å². The molecule has 0 amide bonds. The highest BCUT2D eigenvalue weighted by atomic mass is 32.2. The van der Waals surface area contributed by atoms with E-state index in [9.17, 15) is 13.0 Å². The van der Waals surface area contributed by atoms with E-state index in [1.54, 1.807) is 12.1 Å². The van der Waals surface area contributed by atoms with Gasteiger partial charge in [0.25, 0.3) is 10.1 Å². The van der Waals surface area contributed by atoms with Gasteiger partial charge in [-0.15, -0.1) is 0 Å². The third-order valence-corrected chi connectivity index (χ3v) is 5.51. The third kappa shape index (κ3) is 2.37. The Labute approximate surface area is 114 Å². The van der Waals surface area contributed by atoms with E-state index in [0.717, 1.165) is 24.2 Å². The molecule has 1 heterocycles. The SMILES string of the molecule is CCC1(CC)COc2ccc(C(C)S(=O)(=O)O)cc21. The Morgan fingerprint density at radius 1 is 1.37 bits per heavy atom. The fourth-order valence-electron chi connectivity index (χ4n) is 2.64. The summed E-state index contributed by atoms with van der Waals surface area (Å²) in [6.07, 6.45) is 1.89. The van der Waals surface area contributed by atoms with Crippen molar-refractivity contribution in [1.29, 1.82) is 0 Å². The van der Waals surface area contributed by atoms with Gasteiger partial charge < -0.3 is 4.74 Å². The lowest BCUT2D eigenvalue weighted by Crippen LogP contribution is -2.26. The molecule has 1 aromatic carbocycles. The Kier molecular flexibility index (Phi) is 3.62. The van der Waals surface area contributed by atoms with Crippen LogP contribution in [0.3, 0.4) is 0 Å². The Hall–Kier alpha value is -1.07. The van der Waals surface area contributed by atoms with Crippen molar-refractivity contribution in [2.75, 3.05) is 6.61 Å². The molecular formula is C14H20O4S. The highest BCUT2D eigenvalue weighted by Gasteiger charge is 2.38. The van der Waals surface area contributed by atoms with Crippen LogP contribution in [0.2, 0.25) is 0 Å². The molecule has 1 atom stereocenters. The zero-order valence-corrected chi connectivity index (χ0v) is 12.3. The Balaban J connectivity index is 2.50. The average Bonchev–Trinajstić information content (AvgIpc) is 2.75. The summed E-state index contributed by atoms with van der Waals surface area (Å²) in [6, 6.07) is 5.38. The van der Waals surface area contributed by atoms with Crippen LogP contribution in [0.15, 0.2) is 18.2 Å². The zero-order chi connectivity index (χ0) is 14.3. The van der Waals surface area contributed by atoms with E-state index in [0.29, 0.717) is 12.2 Å². The van der Waals surface area contributed by atoms with Crippen molar-refractivity contribution < 1.29 is 17.7 Å². The van der Waals surface area contributed by atoms with Crippen molar-refractivity contribution in [1.82, 2.24) is 0 Å². The van der Waals surface area contributed by atoms with Crippen molar-refractivity contribution >= 4 is 10.1 Å². The quantitative estimate of drug-likeness (QED) is 0.863. The molecule has 1 aliphatic rings. The van der Waals surface area contributed by atoms with Gasteiger partial charge in [-0.3, -0.25) is 4.55 Å². The molecule has 5 heteroatoms. The summed E-state index contributed by atoms with van der Waals surface area (Å²) in [5.41, 5.74) is 1.63. The van der Waals surface area contributed by atoms with Gasteiger partial charge in [0.15, 0.2) is 0 Å². The van der Waals surface area contributed by atoms with Crippen LogP contribution >= 0.6 is 0 Å². The number of hydrogen-bond donors (Lipinski definition) is 1. The van der Waals surface area contributed by atoms with Crippen molar-refractivity contribution in [2.24, 2.45) is 0 Å². The minimum absolute atomic E-state index is 0.0374. The van der Waals surface area contributed by atoms with E-state index in [1.165, 1.54) is 6.92 Å². The summed E-state index contributed by atoms with van der Waals surface area (Å²) < 4.78 is 37.4.